The van der Waals surface area contributed by atoms with Gasteiger partial charge in [0.2, 0.25) is 5.91 Å². The monoisotopic (exact) mass is 297 g/mol. The van der Waals surface area contributed by atoms with E-state index >= 15 is 0 Å². The molecule has 21 heavy (non-hydrogen) atoms. The van der Waals surface area contributed by atoms with Crippen LogP contribution in [0.1, 0.15) is 65.2 Å². The third kappa shape index (κ3) is 6.35. The zero-order chi connectivity index (χ0) is 15.1. The molecule has 0 radical (unpaired) electrons. The Morgan fingerprint density at radius 1 is 1.33 bits per heavy atom. The molecular formula is C17H31NO3. The van der Waals surface area contributed by atoms with E-state index in [9.17, 15) is 4.79 Å². The first-order chi connectivity index (χ1) is 10.1. The molecule has 4 unspecified atom stereocenters. The molecule has 0 aromatic heterocycles. The van der Waals surface area contributed by atoms with Gasteiger partial charge in [0.25, 0.3) is 0 Å². The molecule has 0 aromatic carbocycles. The van der Waals surface area contributed by atoms with E-state index in [-0.39, 0.29) is 24.7 Å². The number of amides is 1. The van der Waals surface area contributed by atoms with Crippen LogP contribution in [0.4, 0.5) is 0 Å². The Morgan fingerprint density at radius 3 is 2.90 bits per heavy atom. The molecular weight excluding hydrogens is 266 g/mol. The first-order valence-electron chi connectivity index (χ1n) is 8.66. The maximum absolute atomic E-state index is 11.9. The van der Waals surface area contributed by atoms with Crippen LogP contribution in [0.2, 0.25) is 0 Å². The normalized spacial score (nSPS) is 31.0. The molecule has 0 bridgehead atoms. The molecule has 1 aliphatic carbocycles. The number of carbonyl (C=O) groups is 1. The number of rotatable bonds is 7. The summed E-state index contributed by atoms with van der Waals surface area (Å²) < 4.78 is 11.4. The Bertz CT molecular complexity index is 315. The fourth-order valence-electron chi connectivity index (χ4n) is 3.42. The van der Waals surface area contributed by atoms with Crippen molar-refractivity contribution in [1.29, 1.82) is 0 Å². The van der Waals surface area contributed by atoms with E-state index in [4.69, 9.17) is 9.47 Å². The molecule has 1 saturated heterocycles. The highest BCUT2D eigenvalue weighted by Gasteiger charge is 2.21. The van der Waals surface area contributed by atoms with Crippen LogP contribution >= 0.6 is 0 Å². The maximum atomic E-state index is 11.9. The van der Waals surface area contributed by atoms with Gasteiger partial charge in [-0.05, 0) is 51.4 Å². The Labute approximate surface area is 129 Å². The van der Waals surface area contributed by atoms with E-state index in [2.05, 4.69) is 19.2 Å². The Kier molecular flexibility index (Phi) is 6.97. The van der Waals surface area contributed by atoms with Gasteiger partial charge in [0.15, 0.2) is 0 Å². The molecule has 0 spiro atoms. The van der Waals surface area contributed by atoms with Gasteiger partial charge in [-0.1, -0.05) is 19.8 Å². The van der Waals surface area contributed by atoms with Gasteiger partial charge in [0, 0.05) is 12.6 Å². The van der Waals surface area contributed by atoms with Gasteiger partial charge >= 0.3 is 0 Å². The number of hydrogen-bond donors (Lipinski definition) is 1. The highest BCUT2D eigenvalue weighted by molar-refractivity contribution is 5.77. The maximum Gasteiger partial charge on any atom is 0.246 e. The summed E-state index contributed by atoms with van der Waals surface area (Å²) in [6, 6.07) is 0.204. The van der Waals surface area contributed by atoms with Crippen molar-refractivity contribution in [2.24, 2.45) is 5.92 Å². The third-order valence-corrected chi connectivity index (χ3v) is 4.69. The molecule has 122 valence electrons. The van der Waals surface area contributed by atoms with Gasteiger partial charge in [0.05, 0.1) is 12.2 Å². The van der Waals surface area contributed by atoms with Crippen molar-refractivity contribution in [3.63, 3.8) is 0 Å². The largest absolute Gasteiger partial charge is 0.378 e. The van der Waals surface area contributed by atoms with Crippen LogP contribution in [-0.2, 0) is 14.3 Å². The molecule has 4 heteroatoms. The highest BCUT2D eigenvalue weighted by atomic mass is 16.5. The second-order valence-corrected chi connectivity index (χ2v) is 6.89. The Balaban J connectivity index is 1.55. The second-order valence-electron chi connectivity index (χ2n) is 6.89. The number of nitrogens with one attached hydrogen (secondary N) is 1. The molecule has 1 aliphatic heterocycles. The van der Waals surface area contributed by atoms with Crippen molar-refractivity contribution in [2.75, 3.05) is 13.2 Å². The summed E-state index contributed by atoms with van der Waals surface area (Å²) in [5.41, 5.74) is 0. The fraction of sp³-hybridized carbons (Fsp3) is 0.941. The lowest BCUT2D eigenvalue weighted by Crippen LogP contribution is -2.37. The first kappa shape index (κ1) is 16.8. The topological polar surface area (TPSA) is 47.6 Å². The van der Waals surface area contributed by atoms with Crippen molar-refractivity contribution in [3.05, 3.63) is 0 Å². The smallest absolute Gasteiger partial charge is 0.246 e. The summed E-state index contributed by atoms with van der Waals surface area (Å²) in [6.07, 6.45) is 9.79. The standard InChI is InChI=1S/C17H31NO3/c1-13-5-3-6-16(11-13)21-12-17(19)18-14(2)8-9-15-7-4-10-20-15/h13-16H,3-12H2,1-2H3,(H,18,19). The quantitative estimate of drug-likeness (QED) is 0.785. The highest BCUT2D eigenvalue weighted by Crippen LogP contribution is 2.25. The van der Waals surface area contributed by atoms with Gasteiger partial charge in [-0.15, -0.1) is 0 Å². The summed E-state index contributed by atoms with van der Waals surface area (Å²) in [6.45, 7) is 5.44. The van der Waals surface area contributed by atoms with Crippen LogP contribution in [0.25, 0.3) is 0 Å². The third-order valence-electron chi connectivity index (χ3n) is 4.69. The van der Waals surface area contributed by atoms with Crippen molar-refractivity contribution in [1.82, 2.24) is 5.32 Å². The average Bonchev–Trinajstić information content (AvgIpc) is 2.96. The summed E-state index contributed by atoms with van der Waals surface area (Å²) >= 11 is 0. The number of carbonyl (C=O) groups excluding carboxylic acids is 1. The summed E-state index contributed by atoms with van der Waals surface area (Å²) in [4.78, 5) is 11.9. The predicted octanol–water partition coefficient (Wildman–Crippen LogP) is 3.05. The molecule has 2 rings (SSSR count). The molecule has 1 heterocycles. The van der Waals surface area contributed by atoms with Crippen LogP contribution in [0, 0.1) is 5.92 Å². The summed E-state index contributed by atoms with van der Waals surface area (Å²) in [5.74, 6) is 0.755. The minimum absolute atomic E-state index is 0.0214. The van der Waals surface area contributed by atoms with Gasteiger partial charge < -0.3 is 14.8 Å². The van der Waals surface area contributed by atoms with Crippen LogP contribution in [0.3, 0.4) is 0 Å². The van der Waals surface area contributed by atoms with Gasteiger partial charge in [0.1, 0.15) is 6.61 Å². The van der Waals surface area contributed by atoms with E-state index in [1.807, 2.05) is 0 Å². The molecule has 2 aliphatic rings. The first-order valence-corrected chi connectivity index (χ1v) is 8.66. The van der Waals surface area contributed by atoms with Gasteiger partial charge in [-0.2, -0.15) is 0 Å². The van der Waals surface area contributed by atoms with Crippen molar-refractivity contribution >= 4 is 5.91 Å². The second kappa shape index (κ2) is 8.74. The lowest BCUT2D eigenvalue weighted by Gasteiger charge is -2.26. The lowest BCUT2D eigenvalue weighted by molar-refractivity contribution is -0.129. The number of ether oxygens (including phenoxy) is 2. The molecule has 1 N–H and O–H groups in total. The molecule has 4 nitrogen and oxygen atoms in total. The van der Waals surface area contributed by atoms with E-state index in [0.29, 0.717) is 6.10 Å². The summed E-state index contributed by atoms with van der Waals surface area (Å²) in [5, 5.41) is 3.04. The fourth-order valence-corrected chi connectivity index (χ4v) is 3.42. The zero-order valence-corrected chi connectivity index (χ0v) is 13.6. The SMILES string of the molecule is CC1CCCC(OCC(=O)NC(C)CCC2CCCO2)C1. The van der Waals surface area contributed by atoms with Crippen LogP contribution < -0.4 is 5.32 Å². The molecule has 4 atom stereocenters. The Hall–Kier alpha value is -0.610. The van der Waals surface area contributed by atoms with Crippen molar-refractivity contribution in [2.45, 2.75) is 83.5 Å². The van der Waals surface area contributed by atoms with E-state index < -0.39 is 0 Å². The van der Waals surface area contributed by atoms with Crippen LogP contribution in [0.15, 0.2) is 0 Å². The van der Waals surface area contributed by atoms with Crippen LogP contribution in [-0.4, -0.2) is 37.4 Å². The lowest BCUT2D eigenvalue weighted by atomic mass is 9.89. The summed E-state index contributed by atoms with van der Waals surface area (Å²) in [7, 11) is 0. The zero-order valence-electron chi connectivity index (χ0n) is 13.6. The van der Waals surface area contributed by atoms with Crippen molar-refractivity contribution < 1.29 is 14.3 Å². The number of hydrogen-bond acceptors (Lipinski definition) is 3. The average molecular weight is 297 g/mol. The molecule has 2 fully saturated rings. The minimum Gasteiger partial charge on any atom is -0.378 e. The minimum atomic E-state index is 0.0214. The van der Waals surface area contributed by atoms with E-state index in [1.165, 1.54) is 25.7 Å². The van der Waals surface area contributed by atoms with E-state index in [0.717, 1.165) is 38.2 Å². The van der Waals surface area contributed by atoms with Crippen molar-refractivity contribution in [3.8, 4) is 0 Å². The molecule has 1 amide bonds. The Morgan fingerprint density at radius 2 is 2.19 bits per heavy atom. The van der Waals surface area contributed by atoms with E-state index in [1.54, 1.807) is 0 Å². The molecule has 1 saturated carbocycles. The van der Waals surface area contributed by atoms with Crippen LogP contribution in [0.5, 0.6) is 0 Å². The predicted molar refractivity (Wildman–Crippen MR) is 83.2 cm³/mol. The van der Waals surface area contributed by atoms with Gasteiger partial charge in [-0.25, -0.2) is 0 Å². The molecule has 0 aromatic rings. The van der Waals surface area contributed by atoms with Gasteiger partial charge in [-0.3, -0.25) is 4.79 Å².